The number of nitrogens with zero attached hydrogens (tertiary/aromatic N) is 1. The Morgan fingerprint density at radius 3 is 1.96 bits per heavy atom. The summed E-state index contributed by atoms with van der Waals surface area (Å²) >= 11 is 0. The van der Waals surface area contributed by atoms with E-state index in [1.807, 2.05) is 0 Å². The van der Waals surface area contributed by atoms with Crippen molar-refractivity contribution >= 4 is 24.4 Å². The average molecular weight is 381 g/mol. The number of aliphatic hydroxyl groups is 1. The van der Waals surface area contributed by atoms with Gasteiger partial charge in [-0.05, 0) is 50.9 Å². The Kier molecular flexibility index (Phi) is 5.19. The van der Waals surface area contributed by atoms with Crippen molar-refractivity contribution in [3.8, 4) is 0 Å². The van der Waals surface area contributed by atoms with Gasteiger partial charge in [0, 0.05) is 0 Å². The van der Waals surface area contributed by atoms with Crippen molar-refractivity contribution in [3.05, 3.63) is 65.2 Å². The molecule has 0 aromatic heterocycles. The number of amides is 2. The molecule has 2 amide bonds. The van der Waals surface area contributed by atoms with Crippen LogP contribution in [0.2, 0.25) is 0 Å². The number of hydrogen-bond acceptors (Lipinski definition) is 5. The van der Waals surface area contributed by atoms with Crippen LogP contribution in [0.1, 0.15) is 54.0 Å². The van der Waals surface area contributed by atoms with Gasteiger partial charge in [0.1, 0.15) is 0 Å². The lowest BCUT2D eigenvalue weighted by Gasteiger charge is -2.38. The van der Waals surface area contributed by atoms with Crippen molar-refractivity contribution in [2.75, 3.05) is 0 Å². The lowest BCUT2D eigenvalue weighted by atomic mass is 9.74. The molecule has 0 saturated heterocycles. The van der Waals surface area contributed by atoms with Gasteiger partial charge in [-0.3, -0.25) is 14.5 Å². The largest absolute Gasteiger partial charge is 0.491 e. The van der Waals surface area contributed by atoms with E-state index in [9.17, 15) is 19.7 Å². The van der Waals surface area contributed by atoms with E-state index >= 15 is 0 Å². The molecule has 0 radical (unpaired) electrons. The predicted octanol–water partition coefficient (Wildman–Crippen LogP) is 1.74. The molecule has 7 heteroatoms. The Morgan fingerprint density at radius 1 is 0.929 bits per heavy atom. The summed E-state index contributed by atoms with van der Waals surface area (Å²) in [5, 5.41) is 20.9. The molecule has 6 nitrogen and oxygen atoms in total. The molecule has 0 saturated carbocycles. The summed E-state index contributed by atoms with van der Waals surface area (Å²) in [6.07, 6.45) is 0. The van der Waals surface area contributed by atoms with Crippen LogP contribution in [-0.4, -0.2) is 45.2 Å². The number of imide groups is 1. The van der Waals surface area contributed by atoms with Gasteiger partial charge in [0.15, 0.2) is 0 Å². The van der Waals surface area contributed by atoms with E-state index in [1.165, 1.54) is 0 Å². The molecule has 0 unspecified atom stereocenters. The van der Waals surface area contributed by atoms with Crippen molar-refractivity contribution in [3.63, 3.8) is 0 Å². The van der Waals surface area contributed by atoms with Crippen LogP contribution in [0.25, 0.3) is 0 Å². The standard InChI is InChI=1S/C21H24BNO5/c1-20(2,26)21(3,4)28-22(27)17-12-8-5-9-14(17)13-23-18(24)15-10-6-7-11-16(15)19(23)25/h5-12,26-27H,13H2,1-4H3. The van der Waals surface area contributed by atoms with Crippen molar-refractivity contribution in [2.24, 2.45) is 0 Å². The van der Waals surface area contributed by atoms with E-state index in [0.717, 1.165) is 4.90 Å². The minimum absolute atomic E-state index is 0.0197. The van der Waals surface area contributed by atoms with Crippen LogP contribution in [0, 0.1) is 0 Å². The first-order valence-corrected chi connectivity index (χ1v) is 9.14. The zero-order valence-corrected chi connectivity index (χ0v) is 16.5. The molecule has 3 rings (SSSR count). The van der Waals surface area contributed by atoms with Crippen LogP contribution >= 0.6 is 0 Å². The molecule has 2 aromatic rings. The zero-order valence-electron chi connectivity index (χ0n) is 16.5. The average Bonchev–Trinajstić information content (AvgIpc) is 2.86. The van der Waals surface area contributed by atoms with Gasteiger partial charge in [0.2, 0.25) is 0 Å². The summed E-state index contributed by atoms with van der Waals surface area (Å²) in [6, 6.07) is 13.6. The molecule has 1 aliphatic heterocycles. The Bertz CT molecular complexity index is 884. The Labute approximate surface area is 164 Å². The van der Waals surface area contributed by atoms with Crippen LogP contribution in [0.5, 0.6) is 0 Å². The fourth-order valence-electron chi connectivity index (χ4n) is 2.96. The highest BCUT2D eigenvalue weighted by atomic mass is 16.5. The lowest BCUT2D eigenvalue weighted by Crippen LogP contribution is -2.53. The van der Waals surface area contributed by atoms with E-state index in [-0.39, 0.29) is 18.4 Å². The first kappa shape index (κ1) is 20.3. The summed E-state index contributed by atoms with van der Waals surface area (Å²) in [4.78, 5) is 26.4. The number of rotatable bonds is 6. The van der Waals surface area contributed by atoms with Crippen molar-refractivity contribution in [1.29, 1.82) is 0 Å². The normalized spacial score (nSPS) is 14.4. The van der Waals surface area contributed by atoms with Crippen LogP contribution < -0.4 is 5.46 Å². The van der Waals surface area contributed by atoms with Gasteiger partial charge >= 0.3 is 7.12 Å². The van der Waals surface area contributed by atoms with Gasteiger partial charge < -0.3 is 14.8 Å². The van der Waals surface area contributed by atoms with E-state index in [4.69, 9.17) is 4.65 Å². The maximum atomic E-state index is 12.6. The van der Waals surface area contributed by atoms with Gasteiger partial charge in [-0.15, -0.1) is 0 Å². The molecular formula is C21H24BNO5. The number of carbonyl (C=O) groups is 2. The van der Waals surface area contributed by atoms with Gasteiger partial charge in [-0.1, -0.05) is 36.4 Å². The van der Waals surface area contributed by atoms with Gasteiger partial charge in [0.25, 0.3) is 11.8 Å². The first-order valence-electron chi connectivity index (χ1n) is 9.14. The van der Waals surface area contributed by atoms with E-state index < -0.39 is 18.3 Å². The Morgan fingerprint density at radius 2 is 1.43 bits per heavy atom. The third-order valence-corrected chi connectivity index (χ3v) is 5.41. The monoisotopic (exact) mass is 381 g/mol. The fourth-order valence-corrected chi connectivity index (χ4v) is 2.96. The van der Waals surface area contributed by atoms with Crippen LogP contribution in [0.15, 0.2) is 48.5 Å². The van der Waals surface area contributed by atoms with Crippen LogP contribution in [-0.2, 0) is 11.2 Å². The predicted molar refractivity (Wildman–Crippen MR) is 106 cm³/mol. The minimum atomic E-state index is -1.33. The molecule has 0 fully saturated rings. The lowest BCUT2D eigenvalue weighted by molar-refractivity contribution is -0.0982. The van der Waals surface area contributed by atoms with Crippen LogP contribution in [0.4, 0.5) is 0 Å². The smallest absolute Gasteiger partial charge is 0.423 e. The summed E-state index contributed by atoms with van der Waals surface area (Å²) in [5.41, 5.74) is -0.428. The molecule has 1 aliphatic rings. The second-order valence-corrected chi connectivity index (χ2v) is 7.98. The van der Waals surface area contributed by atoms with Crippen LogP contribution in [0.3, 0.4) is 0 Å². The van der Waals surface area contributed by atoms with Crippen molar-refractivity contribution < 1.29 is 24.4 Å². The zero-order chi connectivity index (χ0) is 20.7. The third kappa shape index (κ3) is 3.61. The summed E-state index contributed by atoms with van der Waals surface area (Å²) in [5.74, 6) is -0.717. The molecule has 2 aromatic carbocycles. The number of carbonyl (C=O) groups excluding carboxylic acids is 2. The minimum Gasteiger partial charge on any atom is -0.423 e. The number of benzene rings is 2. The van der Waals surface area contributed by atoms with E-state index in [0.29, 0.717) is 22.2 Å². The highest BCUT2D eigenvalue weighted by Crippen LogP contribution is 2.26. The van der Waals surface area contributed by atoms with Gasteiger partial charge in [0.05, 0.1) is 28.9 Å². The molecule has 2 N–H and O–H groups in total. The van der Waals surface area contributed by atoms with E-state index in [2.05, 4.69) is 0 Å². The van der Waals surface area contributed by atoms with Crippen molar-refractivity contribution in [1.82, 2.24) is 4.90 Å². The maximum Gasteiger partial charge on any atom is 0.491 e. The van der Waals surface area contributed by atoms with Gasteiger partial charge in [-0.25, -0.2) is 0 Å². The Balaban J connectivity index is 1.86. The fraction of sp³-hybridized carbons (Fsp3) is 0.333. The summed E-state index contributed by atoms with van der Waals surface area (Å²) < 4.78 is 5.73. The molecule has 0 atom stereocenters. The topological polar surface area (TPSA) is 87.1 Å². The quantitative estimate of drug-likeness (QED) is 0.588. The van der Waals surface area contributed by atoms with E-state index in [1.54, 1.807) is 76.2 Å². The summed E-state index contributed by atoms with van der Waals surface area (Å²) in [7, 11) is -1.33. The number of fused-ring (bicyclic) bond motifs is 1. The molecule has 146 valence electrons. The second kappa shape index (κ2) is 7.16. The number of hydrogen-bond donors (Lipinski definition) is 2. The maximum absolute atomic E-state index is 12.6. The highest BCUT2D eigenvalue weighted by molar-refractivity contribution is 6.60. The molecule has 0 bridgehead atoms. The third-order valence-electron chi connectivity index (χ3n) is 5.41. The molecular weight excluding hydrogens is 357 g/mol. The Hall–Kier alpha value is -2.48. The van der Waals surface area contributed by atoms with Gasteiger partial charge in [-0.2, -0.15) is 0 Å². The molecule has 0 spiro atoms. The second-order valence-electron chi connectivity index (χ2n) is 7.98. The van der Waals surface area contributed by atoms with Crippen molar-refractivity contribution in [2.45, 2.75) is 45.4 Å². The first-order chi connectivity index (χ1) is 13.0. The molecule has 0 aliphatic carbocycles. The molecule has 28 heavy (non-hydrogen) atoms. The SMILES string of the molecule is CC(C)(O)C(C)(C)OB(O)c1ccccc1CN1C(=O)c2ccccc2C1=O. The highest BCUT2D eigenvalue weighted by Gasteiger charge is 2.41. The summed E-state index contributed by atoms with van der Waals surface area (Å²) in [6.45, 7) is 6.59. The molecule has 1 heterocycles.